The van der Waals surface area contributed by atoms with Crippen molar-refractivity contribution in [2.45, 2.75) is 13.8 Å². The van der Waals surface area contributed by atoms with Gasteiger partial charge < -0.3 is 23.5 Å². The molecule has 36 heavy (non-hydrogen) atoms. The number of rotatable bonds is 9. The summed E-state index contributed by atoms with van der Waals surface area (Å²) in [5.41, 5.74) is 1.96. The fourth-order valence-corrected chi connectivity index (χ4v) is 3.94. The van der Waals surface area contributed by atoms with Gasteiger partial charge in [-0.25, -0.2) is 14.3 Å². The van der Waals surface area contributed by atoms with E-state index >= 15 is 0 Å². The molecule has 2 aromatic carbocycles. The molecule has 0 amide bonds. The second-order valence-electron chi connectivity index (χ2n) is 7.58. The van der Waals surface area contributed by atoms with Gasteiger partial charge in [0.05, 0.1) is 33.1 Å². The fraction of sp³-hybridized carbons (Fsp3) is 0.222. The summed E-state index contributed by atoms with van der Waals surface area (Å²) in [6.07, 6.45) is 3.78. The predicted molar refractivity (Wildman–Crippen MR) is 133 cm³/mol. The normalized spacial score (nSPS) is 10.7. The number of ether oxygens (including phenoxy) is 4. The number of methoxy groups -OCH3 is 2. The number of aromatic nitrogens is 3. The first-order chi connectivity index (χ1) is 17.5. The summed E-state index contributed by atoms with van der Waals surface area (Å²) in [4.78, 5) is 25.9. The van der Waals surface area contributed by atoms with Crippen LogP contribution in [0.3, 0.4) is 0 Å². The van der Waals surface area contributed by atoms with E-state index in [9.17, 15) is 9.59 Å². The molecule has 4 aromatic rings. The van der Waals surface area contributed by atoms with E-state index < -0.39 is 11.9 Å². The van der Waals surface area contributed by atoms with Gasteiger partial charge >= 0.3 is 11.9 Å². The molecular formula is C27H27N3O6. The van der Waals surface area contributed by atoms with Crippen LogP contribution < -0.4 is 9.47 Å². The lowest BCUT2D eigenvalue weighted by atomic mass is 10.0. The van der Waals surface area contributed by atoms with Gasteiger partial charge in [-0.2, -0.15) is 5.10 Å². The van der Waals surface area contributed by atoms with Gasteiger partial charge in [0.2, 0.25) is 0 Å². The monoisotopic (exact) mass is 489 g/mol. The van der Waals surface area contributed by atoms with Gasteiger partial charge in [-0.15, -0.1) is 0 Å². The molecule has 0 N–H and O–H groups in total. The smallest absolute Gasteiger partial charge is 0.357 e. The Labute approximate surface area is 208 Å². The molecule has 0 bridgehead atoms. The quantitative estimate of drug-likeness (QED) is 0.315. The molecular weight excluding hydrogens is 462 g/mol. The van der Waals surface area contributed by atoms with E-state index in [0.717, 1.165) is 0 Å². The average Bonchev–Trinajstić information content (AvgIpc) is 3.57. The Bertz CT molecular complexity index is 1330. The Balaban J connectivity index is 2.05. The molecule has 0 aliphatic rings. The Morgan fingerprint density at radius 3 is 1.94 bits per heavy atom. The molecule has 0 aliphatic carbocycles. The van der Waals surface area contributed by atoms with Crippen LogP contribution in [-0.4, -0.2) is 53.7 Å². The maximum Gasteiger partial charge on any atom is 0.357 e. The van der Waals surface area contributed by atoms with Crippen LogP contribution in [0.4, 0.5) is 0 Å². The van der Waals surface area contributed by atoms with Crippen molar-refractivity contribution in [1.82, 2.24) is 14.3 Å². The molecule has 0 saturated carbocycles. The van der Waals surface area contributed by atoms with Crippen LogP contribution in [0, 0.1) is 0 Å². The number of hydrogen-bond donors (Lipinski definition) is 0. The zero-order chi connectivity index (χ0) is 25.7. The van der Waals surface area contributed by atoms with Gasteiger partial charge in [0, 0.05) is 18.0 Å². The van der Waals surface area contributed by atoms with E-state index in [1.54, 1.807) is 24.3 Å². The van der Waals surface area contributed by atoms with Crippen LogP contribution >= 0.6 is 0 Å². The largest absolute Gasteiger partial charge is 0.492 e. The topological polar surface area (TPSA) is 93.8 Å². The second kappa shape index (κ2) is 10.8. The lowest BCUT2D eigenvalue weighted by Gasteiger charge is -2.18. The molecule has 186 valence electrons. The Hall–Kier alpha value is -4.53. The number of nitrogens with zero attached hydrogens (tertiary/aromatic N) is 3. The van der Waals surface area contributed by atoms with Gasteiger partial charge in [-0.05, 0) is 50.2 Å². The summed E-state index contributed by atoms with van der Waals surface area (Å²) < 4.78 is 25.3. The van der Waals surface area contributed by atoms with Gasteiger partial charge in [0.15, 0.2) is 5.69 Å². The highest BCUT2D eigenvalue weighted by molar-refractivity contribution is 6.07. The van der Waals surface area contributed by atoms with Gasteiger partial charge in [0.1, 0.15) is 28.4 Å². The predicted octanol–water partition coefficient (Wildman–Crippen LogP) is 4.70. The number of esters is 2. The van der Waals surface area contributed by atoms with Crippen molar-refractivity contribution in [2.75, 3.05) is 27.4 Å². The van der Waals surface area contributed by atoms with Crippen molar-refractivity contribution >= 4 is 11.9 Å². The Morgan fingerprint density at radius 1 is 0.833 bits per heavy atom. The van der Waals surface area contributed by atoms with Crippen molar-refractivity contribution in [3.63, 3.8) is 0 Å². The lowest BCUT2D eigenvalue weighted by Crippen LogP contribution is -2.15. The molecule has 0 saturated heterocycles. The van der Waals surface area contributed by atoms with E-state index in [4.69, 9.17) is 18.9 Å². The standard InChI is InChI=1S/C27H27N3O6/c1-5-35-20-16-18(17-21(36-6-2)24(20)29-14-10-11-15-29)23-22(26(31)33-3)25(27(32)34-4)30(28-23)19-12-8-7-9-13-19/h7-17H,5-6H2,1-4H3. The summed E-state index contributed by atoms with van der Waals surface area (Å²) in [7, 11) is 2.50. The molecule has 0 fully saturated rings. The summed E-state index contributed by atoms with van der Waals surface area (Å²) in [6, 6.07) is 16.4. The fourth-order valence-electron chi connectivity index (χ4n) is 3.94. The zero-order valence-corrected chi connectivity index (χ0v) is 20.6. The highest BCUT2D eigenvalue weighted by Gasteiger charge is 2.32. The van der Waals surface area contributed by atoms with Crippen molar-refractivity contribution in [1.29, 1.82) is 0 Å². The first-order valence-electron chi connectivity index (χ1n) is 11.5. The summed E-state index contributed by atoms with van der Waals surface area (Å²) >= 11 is 0. The van der Waals surface area contributed by atoms with Gasteiger partial charge in [0.25, 0.3) is 0 Å². The SMILES string of the molecule is CCOc1cc(-c2nn(-c3ccccc3)c(C(=O)OC)c2C(=O)OC)cc(OCC)c1-n1cccc1. The lowest BCUT2D eigenvalue weighted by molar-refractivity contribution is 0.0549. The van der Waals surface area contributed by atoms with Crippen molar-refractivity contribution < 1.29 is 28.5 Å². The molecule has 0 unspecified atom stereocenters. The van der Waals surface area contributed by atoms with Gasteiger partial charge in [-0.3, -0.25) is 0 Å². The first kappa shape index (κ1) is 24.6. The third-order valence-electron chi connectivity index (χ3n) is 5.43. The highest BCUT2D eigenvalue weighted by atomic mass is 16.5. The van der Waals surface area contributed by atoms with Crippen LogP contribution in [-0.2, 0) is 9.47 Å². The van der Waals surface area contributed by atoms with Crippen LogP contribution in [0.2, 0.25) is 0 Å². The number of benzene rings is 2. The van der Waals surface area contributed by atoms with Crippen LogP contribution in [0.25, 0.3) is 22.6 Å². The van der Waals surface area contributed by atoms with Crippen LogP contribution in [0.15, 0.2) is 67.0 Å². The third kappa shape index (κ3) is 4.55. The summed E-state index contributed by atoms with van der Waals surface area (Å²) in [5, 5.41) is 4.68. The van der Waals surface area contributed by atoms with E-state index in [2.05, 4.69) is 5.10 Å². The van der Waals surface area contributed by atoms with Crippen LogP contribution in [0.1, 0.15) is 34.7 Å². The van der Waals surface area contributed by atoms with Gasteiger partial charge in [-0.1, -0.05) is 18.2 Å². The number of carbonyl (C=O) groups excluding carboxylic acids is 2. The van der Waals surface area contributed by atoms with Crippen molar-refractivity contribution in [2.24, 2.45) is 0 Å². The summed E-state index contributed by atoms with van der Waals surface area (Å²) in [6.45, 7) is 4.57. The number of para-hydroxylation sites is 1. The molecule has 9 nitrogen and oxygen atoms in total. The van der Waals surface area contributed by atoms with E-state index in [1.165, 1.54) is 18.9 Å². The third-order valence-corrected chi connectivity index (χ3v) is 5.43. The second-order valence-corrected chi connectivity index (χ2v) is 7.58. The number of carbonyl (C=O) groups is 2. The highest BCUT2D eigenvalue weighted by Crippen LogP contribution is 2.40. The first-order valence-corrected chi connectivity index (χ1v) is 11.5. The summed E-state index contributed by atoms with van der Waals surface area (Å²) in [5.74, 6) is -0.395. The molecule has 9 heteroatoms. The molecule has 0 aliphatic heterocycles. The molecule has 0 atom stereocenters. The van der Waals surface area contributed by atoms with E-state index in [0.29, 0.717) is 41.7 Å². The molecule has 4 rings (SSSR count). The van der Waals surface area contributed by atoms with Crippen molar-refractivity contribution in [3.05, 3.63) is 78.2 Å². The zero-order valence-electron chi connectivity index (χ0n) is 20.6. The number of hydrogen-bond acceptors (Lipinski definition) is 7. The minimum atomic E-state index is -0.725. The Kier molecular flexibility index (Phi) is 7.39. The minimum Gasteiger partial charge on any atom is -0.492 e. The molecule has 0 radical (unpaired) electrons. The molecule has 2 aromatic heterocycles. The molecule has 2 heterocycles. The van der Waals surface area contributed by atoms with E-state index in [-0.39, 0.29) is 17.0 Å². The van der Waals surface area contributed by atoms with Crippen molar-refractivity contribution in [3.8, 4) is 34.1 Å². The maximum atomic E-state index is 13.0. The Morgan fingerprint density at radius 2 is 1.42 bits per heavy atom. The van der Waals surface area contributed by atoms with E-state index in [1.807, 2.05) is 61.1 Å². The molecule has 0 spiro atoms. The average molecular weight is 490 g/mol. The van der Waals surface area contributed by atoms with Crippen LogP contribution in [0.5, 0.6) is 11.5 Å². The minimum absolute atomic E-state index is 0.0215. The maximum absolute atomic E-state index is 13.0.